The van der Waals surface area contributed by atoms with E-state index >= 15 is 0 Å². The van der Waals surface area contributed by atoms with Crippen molar-refractivity contribution in [3.05, 3.63) is 70.9 Å². The van der Waals surface area contributed by atoms with Crippen LogP contribution in [0.25, 0.3) is 21.5 Å². The van der Waals surface area contributed by atoms with Gasteiger partial charge in [-0.25, -0.2) is 4.39 Å². The van der Waals surface area contributed by atoms with Gasteiger partial charge >= 0.3 is 0 Å². The predicted octanol–water partition coefficient (Wildman–Crippen LogP) is 5.82. The maximum absolute atomic E-state index is 14.2. The van der Waals surface area contributed by atoms with Crippen LogP contribution in [0.2, 0.25) is 0 Å². The van der Waals surface area contributed by atoms with Crippen molar-refractivity contribution in [3.63, 3.8) is 0 Å². The molecule has 142 valence electrons. The second kappa shape index (κ2) is 7.20. The molecule has 0 aliphatic rings. The van der Waals surface area contributed by atoms with Gasteiger partial charge in [0.25, 0.3) is 5.91 Å². The largest absolute Gasteiger partial charge is 0.321 e. The second-order valence-corrected chi connectivity index (χ2v) is 8.04. The molecule has 1 N–H and O–H groups in total. The summed E-state index contributed by atoms with van der Waals surface area (Å²) in [6.45, 7) is 4.26. The maximum atomic E-state index is 14.2. The van der Waals surface area contributed by atoms with Crippen LogP contribution in [-0.2, 0) is 7.05 Å². The molecule has 0 fully saturated rings. The lowest BCUT2D eigenvalue weighted by Gasteiger charge is -2.07. The number of aryl methyl sites for hydroxylation is 1. The Bertz CT molecular complexity index is 1160. The minimum atomic E-state index is -0.329. The first-order chi connectivity index (χ1) is 13.4. The molecule has 4 aromatic rings. The molecule has 2 heterocycles. The van der Waals surface area contributed by atoms with E-state index in [1.54, 1.807) is 36.0 Å². The third kappa shape index (κ3) is 3.31. The summed E-state index contributed by atoms with van der Waals surface area (Å²) in [4.78, 5) is 14.1. The normalized spacial score (nSPS) is 11.3. The molecule has 0 radical (unpaired) electrons. The monoisotopic (exact) mass is 393 g/mol. The Kier molecular flexibility index (Phi) is 4.73. The number of fused-ring (bicyclic) bond motifs is 1. The summed E-state index contributed by atoms with van der Waals surface area (Å²) >= 11 is 1.35. The highest BCUT2D eigenvalue weighted by molar-refractivity contribution is 7.20. The second-order valence-electron chi connectivity index (χ2n) is 7.01. The summed E-state index contributed by atoms with van der Waals surface area (Å²) in [5.41, 5.74) is 2.95. The molecule has 4 nitrogen and oxygen atoms in total. The molecule has 0 saturated heterocycles. The van der Waals surface area contributed by atoms with E-state index in [-0.39, 0.29) is 11.7 Å². The van der Waals surface area contributed by atoms with Crippen LogP contribution in [0.1, 0.15) is 35.0 Å². The molecule has 6 heteroatoms. The Labute approximate surface area is 166 Å². The van der Waals surface area contributed by atoms with E-state index in [9.17, 15) is 9.18 Å². The summed E-state index contributed by atoms with van der Waals surface area (Å²) in [6, 6.07) is 16.2. The van der Waals surface area contributed by atoms with Crippen LogP contribution in [0.5, 0.6) is 0 Å². The Morgan fingerprint density at radius 1 is 1.14 bits per heavy atom. The zero-order chi connectivity index (χ0) is 19.8. The number of carbonyl (C=O) groups excluding carboxylic acids is 1. The highest BCUT2D eigenvalue weighted by Crippen LogP contribution is 2.35. The highest BCUT2D eigenvalue weighted by Gasteiger charge is 2.19. The molecule has 0 spiro atoms. The van der Waals surface area contributed by atoms with Gasteiger partial charge in [-0.15, -0.1) is 11.3 Å². The standard InChI is InChI=1S/C22H20FN3OS/c1-13(2)14-8-10-15(11-9-14)24-21(27)19-12-17-20(25-26(3)22(17)28-19)16-6-4-5-7-18(16)23/h4-13H,1-3H3,(H,24,27). The average molecular weight is 393 g/mol. The third-order valence-electron chi connectivity index (χ3n) is 4.70. The number of benzene rings is 2. The van der Waals surface area contributed by atoms with Gasteiger partial charge in [0, 0.05) is 23.7 Å². The number of thiophene rings is 1. The molecule has 0 saturated carbocycles. The van der Waals surface area contributed by atoms with Crippen molar-refractivity contribution >= 4 is 33.1 Å². The molecule has 0 aliphatic carbocycles. The Morgan fingerprint density at radius 3 is 2.54 bits per heavy atom. The SMILES string of the molecule is CC(C)c1ccc(NC(=O)c2cc3c(-c4ccccc4F)nn(C)c3s2)cc1. The van der Waals surface area contributed by atoms with Gasteiger partial charge in [-0.3, -0.25) is 9.48 Å². The molecule has 2 aromatic heterocycles. The Balaban J connectivity index is 1.65. The van der Waals surface area contributed by atoms with Gasteiger partial charge in [0.05, 0.1) is 4.88 Å². The highest BCUT2D eigenvalue weighted by atomic mass is 32.1. The predicted molar refractivity (Wildman–Crippen MR) is 112 cm³/mol. The minimum Gasteiger partial charge on any atom is -0.321 e. The van der Waals surface area contributed by atoms with Gasteiger partial charge < -0.3 is 5.32 Å². The fourth-order valence-corrected chi connectivity index (χ4v) is 4.12. The summed E-state index contributed by atoms with van der Waals surface area (Å²) in [7, 11) is 1.80. The fraction of sp³-hybridized carbons (Fsp3) is 0.182. The van der Waals surface area contributed by atoms with Crippen LogP contribution in [0.3, 0.4) is 0 Å². The smallest absolute Gasteiger partial charge is 0.265 e. The van der Waals surface area contributed by atoms with E-state index in [0.717, 1.165) is 15.9 Å². The van der Waals surface area contributed by atoms with Crippen LogP contribution in [0.4, 0.5) is 10.1 Å². The number of rotatable bonds is 4. The van der Waals surface area contributed by atoms with E-state index in [2.05, 4.69) is 24.3 Å². The van der Waals surface area contributed by atoms with Crippen molar-refractivity contribution in [3.8, 4) is 11.3 Å². The van der Waals surface area contributed by atoms with Crippen molar-refractivity contribution in [2.75, 3.05) is 5.32 Å². The summed E-state index contributed by atoms with van der Waals surface area (Å²) in [5, 5.41) is 8.16. The van der Waals surface area contributed by atoms with Crippen LogP contribution >= 0.6 is 11.3 Å². The van der Waals surface area contributed by atoms with E-state index in [1.165, 1.54) is 23.0 Å². The topological polar surface area (TPSA) is 46.9 Å². The van der Waals surface area contributed by atoms with Gasteiger partial charge in [-0.2, -0.15) is 5.10 Å². The number of hydrogen-bond donors (Lipinski definition) is 1. The van der Waals surface area contributed by atoms with Crippen molar-refractivity contribution in [1.29, 1.82) is 0 Å². The number of nitrogens with zero attached hydrogens (tertiary/aromatic N) is 2. The number of aromatic nitrogens is 2. The molecular weight excluding hydrogens is 373 g/mol. The first-order valence-corrected chi connectivity index (χ1v) is 9.88. The van der Waals surface area contributed by atoms with Gasteiger partial charge in [0.2, 0.25) is 0 Å². The molecule has 4 rings (SSSR count). The summed E-state index contributed by atoms with van der Waals surface area (Å²) < 4.78 is 15.9. The minimum absolute atomic E-state index is 0.182. The number of carbonyl (C=O) groups is 1. The van der Waals surface area contributed by atoms with Gasteiger partial charge in [-0.05, 0) is 41.8 Å². The van der Waals surface area contributed by atoms with Crippen molar-refractivity contribution < 1.29 is 9.18 Å². The van der Waals surface area contributed by atoms with E-state index in [0.29, 0.717) is 22.1 Å². The first kappa shape index (κ1) is 18.4. The molecular formula is C22H20FN3OS. The zero-order valence-electron chi connectivity index (χ0n) is 15.9. The first-order valence-electron chi connectivity index (χ1n) is 9.07. The number of nitrogens with one attached hydrogen (secondary N) is 1. The quantitative estimate of drug-likeness (QED) is 0.475. The molecule has 0 atom stereocenters. The van der Waals surface area contributed by atoms with Crippen molar-refractivity contribution in [2.24, 2.45) is 7.05 Å². The lowest BCUT2D eigenvalue weighted by Crippen LogP contribution is -2.10. The molecule has 1 amide bonds. The molecule has 0 aliphatic heterocycles. The lowest BCUT2D eigenvalue weighted by atomic mass is 10.0. The van der Waals surface area contributed by atoms with Crippen LogP contribution in [0, 0.1) is 5.82 Å². The fourth-order valence-electron chi connectivity index (χ4n) is 3.15. The van der Waals surface area contributed by atoms with Gasteiger partial charge in [0.1, 0.15) is 16.3 Å². The van der Waals surface area contributed by atoms with Crippen molar-refractivity contribution in [1.82, 2.24) is 9.78 Å². The lowest BCUT2D eigenvalue weighted by molar-refractivity contribution is 0.103. The molecule has 0 unspecified atom stereocenters. The van der Waals surface area contributed by atoms with E-state index < -0.39 is 0 Å². The third-order valence-corrected chi connectivity index (χ3v) is 5.90. The van der Waals surface area contributed by atoms with Crippen LogP contribution in [-0.4, -0.2) is 15.7 Å². The van der Waals surface area contributed by atoms with E-state index in [4.69, 9.17) is 0 Å². The zero-order valence-corrected chi connectivity index (χ0v) is 16.7. The molecule has 28 heavy (non-hydrogen) atoms. The molecule has 2 aromatic carbocycles. The van der Waals surface area contributed by atoms with Crippen LogP contribution in [0.15, 0.2) is 54.6 Å². The van der Waals surface area contributed by atoms with Gasteiger partial charge in [-0.1, -0.05) is 38.1 Å². The Hall–Kier alpha value is -2.99. The number of halogens is 1. The summed E-state index contributed by atoms with van der Waals surface area (Å²) in [5.74, 6) is -0.0698. The van der Waals surface area contributed by atoms with Crippen molar-refractivity contribution in [2.45, 2.75) is 19.8 Å². The summed E-state index contributed by atoms with van der Waals surface area (Å²) in [6.07, 6.45) is 0. The van der Waals surface area contributed by atoms with Crippen LogP contribution < -0.4 is 5.32 Å². The average Bonchev–Trinajstić information content (AvgIpc) is 3.24. The Morgan fingerprint density at radius 2 is 1.86 bits per heavy atom. The van der Waals surface area contributed by atoms with E-state index in [1.807, 2.05) is 24.3 Å². The number of amides is 1. The molecule has 0 bridgehead atoms. The number of anilines is 1. The number of hydrogen-bond acceptors (Lipinski definition) is 3. The van der Waals surface area contributed by atoms with Gasteiger partial charge in [0.15, 0.2) is 0 Å². The maximum Gasteiger partial charge on any atom is 0.265 e.